The fourth-order valence-corrected chi connectivity index (χ4v) is 2.18. The van der Waals surface area contributed by atoms with E-state index in [1.54, 1.807) is 23.7 Å². The van der Waals surface area contributed by atoms with Gasteiger partial charge in [-0.15, -0.1) is 5.10 Å². The molecular weight excluding hydrogens is 313 g/mol. The van der Waals surface area contributed by atoms with Gasteiger partial charge >= 0.3 is 5.97 Å². The van der Waals surface area contributed by atoms with Gasteiger partial charge in [0.15, 0.2) is 5.69 Å². The number of carbonyl (C=O) groups is 1. The fourth-order valence-electron chi connectivity index (χ4n) is 1.71. The maximum Gasteiger partial charge on any atom is 0.361 e. The minimum atomic E-state index is -0.527. The lowest BCUT2D eigenvalue weighted by molar-refractivity contribution is 0.0542. The third kappa shape index (κ3) is 3.62. The predicted molar refractivity (Wildman–Crippen MR) is 80.8 cm³/mol. The number of benzene rings is 1. The predicted octanol–water partition coefficient (Wildman–Crippen LogP) is 3.28. The van der Waals surface area contributed by atoms with E-state index in [2.05, 4.69) is 16.9 Å². The number of hydrogen-bond acceptors (Lipinski definition) is 4. The van der Waals surface area contributed by atoms with Crippen LogP contribution in [0.3, 0.4) is 0 Å². The number of esters is 1. The largest absolute Gasteiger partial charge is 0.457 e. The van der Waals surface area contributed by atoms with E-state index >= 15 is 0 Å². The zero-order valence-corrected chi connectivity index (χ0v) is 12.9. The van der Waals surface area contributed by atoms with Crippen LogP contribution in [-0.4, -0.2) is 27.6 Å². The van der Waals surface area contributed by atoms with Crippen LogP contribution in [-0.2, 0) is 11.3 Å². The SMILES string of the molecule is C=CCOC(=O)c1nnn(Cc2ccc(Cl)cc2Cl)c1C. The molecular formula is C14H13Cl2N3O2. The first-order valence-corrected chi connectivity index (χ1v) is 6.90. The van der Waals surface area contributed by atoms with Crippen molar-refractivity contribution in [3.63, 3.8) is 0 Å². The van der Waals surface area contributed by atoms with Crippen LogP contribution in [0.2, 0.25) is 10.0 Å². The minimum Gasteiger partial charge on any atom is -0.457 e. The van der Waals surface area contributed by atoms with Gasteiger partial charge in [-0.05, 0) is 24.6 Å². The number of hydrogen-bond donors (Lipinski definition) is 0. The lowest BCUT2D eigenvalue weighted by atomic mass is 10.2. The molecule has 0 aliphatic heterocycles. The Bertz CT molecular complexity index is 683. The second-order valence-electron chi connectivity index (χ2n) is 4.30. The van der Waals surface area contributed by atoms with Crippen molar-refractivity contribution in [3.8, 4) is 0 Å². The van der Waals surface area contributed by atoms with E-state index in [-0.39, 0.29) is 12.3 Å². The number of nitrogens with zero attached hydrogens (tertiary/aromatic N) is 3. The molecule has 0 N–H and O–H groups in total. The molecule has 5 nitrogen and oxygen atoms in total. The third-order valence-electron chi connectivity index (χ3n) is 2.84. The Morgan fingerprint density at radius 1 is 1.48 bits per heavy atom. The van der Waals surface area contributed by atoms with E-state index in [0.29, 0.717) is 22.3 Å². The standard InChI is InChI=1S/C14H13Cl2N3O2/c1-3-6-21-14(20)13-9(2)19(18-17-13)8-10-4-5-11(15)7-12(10)16/h3-5,7H,1,6,8H2,2H3. The summed E-state index contributed by atoms with van der Waals surface area (Å²) in [6, 6.07) is 5.21. The highest BCUT2D eigenvalue weighted by Crippen LogP contribution is 2.22. The Hall–Kier alpha value is -1.85. The van der Waals surface area contributed by atoms with E-state index in [1.165, 1.54) is 6.08 Å². The Balaban J connectivity index is 2.20. The molecule has 0 unspecified atom stereocenters. The zero-order valence-electron chi connectivity index (χ0n) is 11.3. The lowest BCUT2D eigenvalue weighted by Crippen LogP contribution is -2.09. The summed E-state index contributed by atoms with van der Waals surface area (Å²) in [6.45, 7) is 5.75. The van der Waals surface area contributed by atoms with Gasteiger partial charge in [-0.2, -0.15) is 0 Å². The second-order valence-corrected chi connectivity index (χ2v) is 5.15. The van der Waals surface area contributed by atoms with Gasteiger partial charge in [0, 0.05) is 10.0 Å². The lowest BCUT2D eigenvalue weighted by Gasteiger charge is -2.06. The van der Waals surface area contributed by atoms with Crippen molar-refractivity contribution in [3.05, 3.63) is 57.9 Å². The average Bonchev–Trinajstić information content (AvgIpc) is 2.81. The van der Waals surface area contributed by atoms with Crippen LogP contribution in [0.1, 0.15) is 21.7 Å². The minimum absolute atomic E-state index is 0.133. The van der Waals surface area contributed by atoms with E-state index in [9.17, 15) is 4.79 Å². The molecule has 0 atom stereocenters. The van der Waals surface area contributed by atoms with Crippen molar-refractivity contribution in [1.29, 1.82) is 0 Å². The molecule has 0 aliphatic rings. The molecule has 1 aromatic carbocycles. The van der Waals surface area contributed by atoms with Gasteiger partial charge < -0.3 is 4.74 Å². The summed E-state index contributed by atoms with van der Waals surface area (Å²) in [5, 5.41) is 8.90. The Morgan fingerprint density at radius 2 is 2.24 bits per heavy atom. The van der Waals surface area contributed by atoms with E-state index in [0.717, 1.165) is 5.56 Å². The van der Waals surface area contributed by atoms with Gasteiger partial charge in [0.25, 0.3) is 0 Å². The average molecular weight is 326 g/mol. The molecule has 0 aliphatic carbocycles. The molecule has 1 heterocycles. The molecule has 0 spiro atoms. The summed E-state index contributed by atoms with van der Waals surface area (Å²) in [7, 11) is 0. The maximum atomic E-state index is 11.8. The van der Waals surface area contributed by atoms with Crippen LogP contribution in [0, 0.1) is 6.92 Å². The highest BCUT2D eigenvalue weighted by Gasteiger charge is 2.18. The summed E-state index contributed by atoms with van der Waals surface area (Å²) < 4.78 is 6.53. The van der Waals surface area contributed by atoms with Gasteiger partial charge in [-0.3, -0.25) is 0 Å². The number of carbonyl (C=O) groups excluding carboxylic acids is 1. The summed E-state index contributed by atoms with van der Waals surface area (Å²) in [6.07, 6.45) is 1.49. The van der Waals surface area contributed by atoms with Gasteiger partial charge in [0.2, 0.25) is 0 Å². The molecule has 110 valence electrons. The molecule has 21 heavy (non-hydrogen) atoms. The molecule has 2 rings (SSSR count). The van der Waals surface area contributed by atoms with E-state index in [4.69, 9.17) is 27.9 Å². The molecule has 1 aromatic heterocycles. The Morgan fingerprint density at radius 3 is 2.90 bits per heavy atom. The van der Waals surface area contributed by atoms with Crippen LogP contribution in [0.25, 0.3) is 0 Å². The second kappa shape index (κ2) is 6.74. The highest BCUT2D eigenvalue weighted by molar-refractivity contribution is 6.35. The fraction of sp³-hybridized carbons (Fsp3) is 0.214. The van der Waals surface area contributed by atoms with Crippen LogP contribution in [0.15, 0.2) is 30.9 Å². The van der Waals surface area contributed by atoms with E-state index in [1.807, 2.05) is 6.07 Å². The summed E-state index contributed by atoms with van der Waals surface area (Å²) in [5.41, 5.74) is 1.62. The molecule has 0 fully saturated rings. The van der Waals surface area contributed by atoms with Gasteiger partial charge in [-0.25, -0.2) is 9.48 Å². The Kier molecular flexibility index (Phi) is 4.98. The van der Waals surface area contributed by atoms with Crippen LogP contribution < -0.4 is 0 Å². The van der Waals surface area contributed by atoms with Crippen LogP contribution >= 0.6 is 23.2 Å². The number of rotatable bonds is 5. The van der Waals surface area contributed by atoms with Crippen molar-refractivity contribution in [2.24, 2.45) is 0 Å². The first kappa shape index (κ1) is 15.5. The molecule has 0 bridgehead atoms. The Labute approximate surface area is 132 Å². The summed E-state index contributed by atoms with van der Waals surface area (Å²) in [5.74, 6) is -0.527. The number of aromatic nitrogens is 3. The van der Waals surface area contributed by atoms with Crippen LogP contribution in [0.5, 0.6) is 0 Å². The summed E-state index contributed by atoms with van der Waals surface area (Å²) in [4.78, 5) is 11.8. The number of halogens is 2. The van der Waals surface area contributed by atoms with Crippen molar-refractivity contribution >= 4 is 29.2 Å². The molecule has 0 amide bonds. The summed E-state index contributed by atoms with van der Waals surface area (Å²) >= 11 is 12.0. The smallest absolute Gasteiger partial charge is 0.361 e. The van der Waals surface area contributed by atoms with Crippen molar-refractivity contribution in [2.75, 3.05) is 6.61 Å². The van der Waals surface area contributed by atoms with Gasteiger partial charge in [0.1, 0.15) is 6.61 Å². The zero-order chi connectivity index (χ0) is 15.4. The highest BCUT2D eigenvalue weighted by atomic mass is 35.5. The molecule has 0 radical (unpaired) electrons. The van der Waals surface area contributed by atoms with Crippen LogP contribution in [0.4, 0.5) is 0 Å². The maximum absolute atomic E-state index is 11.8. The molecule has 0 saturated heterocycles. The molecule has 2 aromatic rings. The number of ether oxygens (including phenoxy) is 1. The topological polar surface area (TPSA) is 57.0 Å². The quantitative estimate of drug-likeness (QED) is 0.625. The first-order chi connectivity index (χ1) is 10.0. The molecule has 7 heteroatoms. The van der Waals surface area contributed by atoms with Gasteiger partial charge in [-0.1, -0.05) is 47.1 Å². The van der Waals surface area contributed by atoms with Crippen molar-refractivity contribution in [2.45, 2.75) is 13.5 Å². The normalized spacial score (nSPS) is 10.4. The first-order valence-electron chi connectivity index (χ1n) is 6.15. The monoisotopic (exact) mass is 325 g/mol. The van der Waals surface area contributed by atoms with Crippen molar-refractivity contribution < 1.29 is 9.53 Å². The van der Waals surface area contributed by atoms with Crippen molar-refractivity contribution in [1.82, 2.24) is 15.0 Å². The third-order valence-corrected chi connectivity index (χ3v) is 3.43. The van der Waals surface area contributed by atoms with Gasteiger partial charge in [0.05, 0.1) is 12.2 Å². The molecule has 0 saturated carbocycles. The van der Waals surface area contributed by atoms with E-state index < -0.39 is 5.97 Å².